The lowest BCUT2D eigenvalue weighted by Gasteiger charge is -2.37. The number of nitrogens with zero attached hydrogens (tertiary/aromatic N) is 4. The van der Waals surface area contributed by atoms with Crippen molar-refractivity contribution in [1.82, 2.24) is 19.7 Å². The van der Waals surface area contributed by atoms with E-state index < -0.39 is 12.1 Å². The number of aromatic nitrogens is 1. The number of aliphatic hydroxyl groups excluding tert-OH is 1. The van der Waals surface area contributed by atoms with E-state index in [1.54, 1.807) is 62.5 Å². The summed E-state index contributed by atoms with van der Waals surface area (Å²) in [5.74, 6) is 6.54. The number of anilines is 1. The van der Waals surface area contributed by atoms with E-state index in [4.69, 9.17) is 9.47 Å². The van der Waals surface area contributed by atoms with Gasteiger partial charge in [0.05, 0.1) is 32.8 Å². The van der Waals surface area contributed by atoms with Gasteiger partial charge in [-0.1, -0.05) is 18.8 Å². The monoisotopic (exact) mass is 523 g/mol. The summed E-state index contributed by atoms with van der Waals surface area (Å²) < 4.78 is 11.4. The first-order chi connectivity index (χ1) is 18.1. The number of carbonyl (C=O) groups is 2. The first kappa shape index (κ1) is 28.8. The fourth-order valence-corrected chi connectivity index (χ4v) is 3.93. The van der Waals surface area contributed by atoms with Crippen LogP contribution in [-0.4, -0.2) is 103 Å². The van der Waals surface area contributed by atoms with Crippen LogP contribution in [0.3, 0.4) is 0 Å². The molecule has 3 rings (SSSR count). The number of pyridine rings is 1. The molecule has 0 fully saturated rings. The maximum atomic E-state index is 13.5. The Bertz CT molecular complexity index is 1170. The molecular formula is C28H37N5O5. The van der Waals surface area contributed by atoms with Crippen LogP contribution in [0.4, 0.5) is 10.5 Å². The average molecular weight is 524 g/mol. The van der Waals surface area contributed by atoms with Crippen LogP contribution in [0.25, 0.3) is 0 Å². The van der Waals surface area contributed by atoms with E-state index in [1.807, 2.05) is 25.9 Å². The van der Waals surface area contributed by atoms with Crippen molar-refractivity contribution in [3.05, 3.63) is 47.7 Å². The van der Waals surface area contributed by atoms with Crippen LogP contribution in [0.5, 0.6) is 11.6 Å². The van der Waals surface area contributed by atoms with Gasteiger partial charge in [-0.15, -0.1) is 0 Å². The second kappa shape index (κ2) is 13.1. The SMILES string of the molecule is COc1ccc(NC(=O)N(C)C[C@H]2Oc3ncc(C#CCN(C)C)cc3C(=O)N([C@H](C)CO)C[C@@H]2C)cc1. The smallest absolute Gasteiger partial charge is 0.321 e. The molecule has 0 unspecified atom stereocenters. The lowest BCUT2D eigenvalue weighted by Crippen LogP contribution is -2.50. The molecular weight excluding hydrogens is 486 g/mol. The summed E-state index contributed by atoms with van der Waals surface area (Å²) in [5.41, 5.74) is 1.52. The molecule has 0 bridgehead atoms. The third kappa shape index (κ3) is 7.37. The zero-order chi connectivity index (χ0) is 27.8. The molecule has 0 saturated heterocycles. The van der Waals surface area contributed by atoms with Crippen LogP contribution < -0.4 is 14.8 Å². The van der Waals surface area contributed by atoms with Crippen LogP contribution in [0.1, 0.15) is 29.8 Å². The van der Waals surface area contributed by atoms with Gasteiger partial charge >= 0.3 is 6.03 Å². The Hall–Kier alpha value is -3.81. The Balaban J connectivity index is 1.84. The lowest BCUT2D eigenvalue weighted by atomic mass is 10.00. The van der Waals surface area contributed by atoms with Crippen molar-refractivity contribution in [1.29, 1.82) is 0 Å². The molecule has 3 atom stereocenters. The van der Waals surface area contributed by atoms with E-state index in [9.17, 15) is 14.7 Å². The standard InChI is InChI=1S/C28H37N5O5/c1-19-16-33(20(2)18-34)27(35)24-14-21(8-7-13-31(3)4)15-29-26(24)38-25(19)17-32(5)28(36)30-22-9-11-23(37-6)12-10-22/h9-12,14-15,19-20,25,34H,13,16-18H2,1-6H3,(H,30,36)/t19-,20+,25+/m0/s1. The predicted molar refractivity (Wildman–Crippen MR) is 145 cm³/mol. The zero-order valence-corrected chi connectivity index (χ0v) is 22.9. The third-order valence-corrected chi connectivity index (χ3v) is 6.29. The van der Waals surface area contributed by atoms with E-state index in [0.717, 1.165) is 0 Å². The summed E-state index contributed by atoms with van der Waals surface area (Å²) >= 11 is 0. The maximum absolute atomic E-state index is 13.5. The molecule has 0 aliphatic carbocycles. The summed E-state index contributed by atoms with van der Waals surface area (Å²) in [6, 6.07) is 8.03. The predicted octanol–water partition coefficient (Wildman–Crippen LogP) is 2.39. The molecule has 3 amide bonds. The first-order valence-corrected chi connectivity index (χ1v) is 12.5. The van der Waals surface area contributed by atoms with Crippen molar-refractivity contribution in [2.45, 2.75) is 26.0 Å². The highest BCUT2D eigenvalue weighted by atomic mass is 16.5. The van der Waals surface area contributed by atoms with E-state index in [1.165, 1.54) is 4.90 Å². The Morgan fingerprint density at radius 2 is 2.03 bits per heavy atom. The van der Waals surface area contributed by atoms with Gasteiger partial charge < -0.3 is 29.7 Å². The molecule has 2 heterocycles. The highest BCUT2D eigenvalue weighted by molar-refractivity contribution is 5.97. The molecule has 0 saturated carbocycles. The molecule has 38 heavy (non-hydrogen) atoms. The minimum absolute atomic E-state index is 0.154. The number of methoxy groups -OCH3 is 1. The highest BCUT2D eigenvalue weighted by Crippen LogP contribution is 2.27. The molecule has 1 aromatic carbocycles. The molecule has 2 N–H and O–H groups in total. The van der Waals surface area contributed by atoms with Crippen LogP contribution in [0.2, 0.25) is 0 Å². The van der Waals surface area contributed by atoms with Crippen molar-refractivity contribution < 1.29 is 24.2 Å². The topological polar surface area (TPSA) is 107 Å². The van der Waals surface area contributed by atoms with E-state index in [2.05, 4.69) is 22.1 Å². The number of rotatable bonds is 7. The van der Waals surface area contributed by atoms with E-state index >= 15 is 0 Å². The number of urea groups is 1. The number of fused-ring (bicyclic) bond motifs is 1. The van der Waals surface area contributed by atoms with Gasteiger partial charge in [-0.25, -0.2) is 9.78 Å². The lowest BCUT2D eigenvalue weighted by molar-refractivity contribution is 0.0356. The van der Waals surface area contributed by atoms with Gasteiger partial charge in [-0.2, -0.15) is 0 Å². The fraction of sp³-hybridized carbons (Fsp3) is 0.464. The number of amides is 3. The van der Waals surface area contributed by atoms with Gasteiger partial charge in [0.1, 0.15) is 17.4 Å². The number of hydrogen-bond acceptors (Lipinski definition) is 7. The van der Waals surface area contributed by atoms with Crippen molar-refractivity contribution in [2.24, 2.45) is 5.92 Å². The summed E-state index contributed by atoms with van der Waals surface area (Å²) in [7, 11) is 7.12. The van der Waals surface area contributed by atoms with Crippen LogP contribution in [0.15, 0.2) is 36.5 Å². The molecule has 204 valence electrons. The van der Waals surface area contributed by atoms with Crippen LogP contribution in [0, 0.1) is 17.8 Å². The van der Waals surface area contributed by atoms with Gasteiger partial charge in [0.2, 0.25) is 5.88 Å². The third-order valence-electron chi connectivity index (χ3n) is 6.29. The Morgan fingerprint density at radius 1 is 1.32 bits per heavy atom. The van der Waals surface area contributed by atoms with Crippen molar-refractivity contribution in [2.75, 3.05) is 59.8 Å². The minimum Gasteiger partial charge on any atom is -0.497 e. The Kier molecular flexibility index (Phi) is 9.93. The number of nitrogens with one attached hydrogen (secondary N) is 1. The van der Waals surface area contributed by atoms with Gasteiger partial charge in [0.15, 0.2) is 0 Å². The number of benzene rings is 1. The molecule has 0 radical (unpaired) electrons. The number of ether oxygens (including phenoxy) is 2. The minimum atomic E-state index is -0.458. The molecule has 10 nitrogen and oxygen atoms in total. The second-order valence-corrected chi connectivity index (χ2v) is 9.78. The van der Waals surface area contributed by atoms with Gasteiger partial charge in [-0.05, 0) is 51.4 Å². The summed E-state index contributed by atoms with van der Waals surface area (Å²) in [4.78, 5) is 36.0. The molecule has 10 heteroatoms. The molecule has 1 aromatic heterocycles. The number of carbonyl (C=O) groups excluding carboxylic acids is 2. The first-order valence-electron chi connectivity index (χ1n) is 12.5. The largest absolute Gasteiger partial charge is 0.497 e. The van der Waals surface area contributed by atoms with Crippen molar-refractivity contribution in [3.63, 3.8) is 0 Å². The number of hydrogen-bond donors (Lipinski definition) is 2. The van der Waals surface area contributed by atoms with Gasteiger partial charge in [0.25, 0.3) is 5.91 Å². The summed E-state index contributed by atoms with van der Waals surface area (Å²) in [6.07, 6.45) is 1.12. The molecule has 2 aromatic rings. The molecule has 1 aliphatic rings. The Labute approximate surface area is 224 Å². The number of aliphatic hydroxyl groups is 1. The zero-order valence-electron chi connectivity index (χ0n) is 22.9. The van der Waals surface area contributed by atoms with E-state index in [-0.39, 0.29) is 42.5 Å². The Morgan fingerprint density at radius 3 is 2.66 bits per heavy atom. The fourth-order valence-electron chi connectivity index (χ4n) is 3.93. The summed E-state index contributed by atoms with van der Waals surface area (Å²) in [5, 5.41) is 12.7. The maximum Gasteiger partial charge on any atom is 0.321 e. The molecule has 1 aliphatic heterocycles. The average Bonchev–Trinajstić information content (AvgIpc) is 2.90. The van der Waals surface area contributed by atoms with Gasteiger partial charge in [-0.3, -0.25) is 9.69 Å². The van der Waals surface area contributed by atoms with Crippen molar-refractivity contribution in [3.8, 4) is 23.5 Å². The van der Waals surface area contributed by atoms with Crippen molar-refractivity contribution >= 4 is 17.6 Å². The van der Waals surface area contributed by atoms with Crippen LogP contribution in [-0.2, 0) is 0 Å². The van der Waals surface area contributed by atoms with E-state index in [0.29, 0.717) is 30.1 Å². The molecule has 0 spiro atoms. The number of likely N-dealkylation sites (N-methyl/N-ethyl adjacent to an activating group) is 1. The second-order valence-electron chi connectivity index (χ2n) is 9.78. The summed E-state index contributed by atoms with van der Waals surface area (Å²) in [6.45, 7) is 4.74. The van der Waals surface area contributed by atoms with Crippen LogP contribution >= 0.6 is 0 Å². The van der Waals surface area contributed by atoms with Gasteiger partial charge in [0, 0.05) is 37.0 Å². The normalized spacial score (nSPS) is 17.8. The highest BCUT2D eigenvalue weighted by Gasteiger charge is 2.34. The quantitative estimate of drug-likeness (QED) is 0.537.